The zero-order valence-electron chi connectivity index (χ0n) is 14.1. The van der Waals surface area contributed by atoms with E-state index in [4.69, 9.17) is 23.2 Å². The highest BCUT2D eigenvalue weighted by molar-refractivity contribution is 6.32. The quantitative estimate of drug-likeness (QED) is 0.508. The molecule has 3 aromatic heterocycles. The maximum Gasteiger partial charge on any atom is 0.417 e. The van der Waals surface area contributed by atoms with E-state index in [9.17, 15) is 26.3 Å². The highest BCUT2D eigenvalue weighted by atomic mass is 35.5. The molecule has 0 aliphatic heterocycles. The molecule has 0 atom stereocenters. The molecule has 5 nitrogen and oxygen atoms in total. The number of nitrogens with zero attached hydrogens (tertiary/aromatic N) is 5. The summed E-state index contributed by atoms with van der Waals surface area (Å²) in [6.45, 7) is 0. The summed E-state index contributed by atoms with van der Waals surface area (Å²) in [5.41, 5.74) is -1.74. The summed E-state index contributed by atoms with van der Waals surface area (Å²) < 4.78 is 77.0. The predicted octanol–water partition coefficient (Wildman–Crippen LogP) is 5.19. The molecule has 0 N–H and O–H groups in total. The SMILES string of the molecule is FC(F)(F)c1cnc(CCc2ncn(-c3ncc(C(F)(F)F)cc3Cl)n2)c(Cl)c1. The van der Waals surface area contributed by atoms with E-state index in [2.05, 4.69) is 20.1 Å². The highest BCUT2D eigenvalue weighted by Crippen LogP contribution is 2.32. The van der Waals surface area contributed by atoms with Crippen LogP contribution in [0.5, 0.6) is 0 Å². The lowest BCUT2D eigenvalue weighted by atomic mass is 10.2. The minimum absolute atomic E-state index is 0.0518. The van der Waals surface area contributed by atoms with E-state index >= 15 is 0 Å². The van der Waals surface area contributed by atoms with Crippen molar-refractivity contribution in [2.45, 2.75) is 25.2 Å². The molecule has 0 unspecified atom stereocenters. The van der Waals surface area contributed by atoms with Gasteiger partial charge in [0.2, 0.25) is 0 Å². The number of aromatic nitrogens is 5. The molecular formula is C16H9Cl2F6N5. The predicted molar refractivity (Wildman–Crippen MR) is 90.8 cm³/mol. The second-order valence-corrected chi connectivity index (χ2v) is 6.60. The third-order valence-electron chi connectivity index (χ3n) is 3.74. The Bertz CT molecular complexity index is 1030. The first-order chi connectivity index (χ1) is 13.4. The number of halogens is 8. The Morgan fingerprint density at radius 2 is 1.38 bits per heavy atom. The van der Waals surface area contributed by atoms with Gasteiger partial charge in [0.1, 0.15) is 6.33 Å². The third kappa shape index (κ3) is 4.96. The van der Waals surface area contributed by atoms with E-state index in [1.807, 2.05) is 0 Å². The zero-order valence-corrected chi connectivity index (χ0v) is 15.6. The fourth-order valence-electron chi connectivity index (χ4n) is 2.30. The molecule has 0 radical (unpaired) electrons. The summed E-state index contributed by atoms with van der Waals surface area (Å²) in [4.78, 5) is 11.4. The molecule has 0 fully saturated rings. The molecule has 29 heavy (non-hydrogen) atoms. The Kier molecular flexibility index (Phi) is 5.72. The zero-order chi connectivity index (χ0) is 21.4. The number of hydrogen-bond donors (Lipinski definition) is 0. The van der Waals surface area contributed by atoms with Crippen LogP contribution in [0.3, 0.4) is 0 Å². The number of aryl methyl sites for hydroxylation is 2. The first-order valence-corrected chi connectivity index (χ1v) is 8.56. The maximum atomic E-state index is 12.7. The monoisotopic (exact) mass is 455 g/mol. The molecule has 13 heteroatoms. The number of alkyl halides is 6. The first kappa shape index (κ1) is 21.3. The van der Waals surface area contributed by atoms with Gasteiger partial charge in [-0.1, -0.05) is 23.2 Å². The Balaban J connectivity index is 1.73. The van der Waals surface area contributed by atoms with Crippen LogP contribution in [0.25, 0.3) is 5.82 Å². The highest BCUT2D eigenvalue weighted by Gasteiger charge is 2.32. The molecule has 3 rings (SSSR count). The molecule has 0 saturated carbocycles. The Hall–Kier alpha value is -2.40. The van der Waals surface area contributed by atoms with Gasteiger partial charge in [0.15, 0.2) is 11.6 Å². The molecule has 0 spiro atoms. The second-order valence-electron chi connectivity index (χ2n) is 5.78. The summed E-state index contributed by atoms with van der Waals surface area (Å²) in [6.07, 6.45) is -6.31. The molecule has 0 bridgehead atoms. The normalized spacial score (nSPS) is 12.4. The lowest BCUT2D eigenvalue weighted by Gasteiger charge is -2.09. The fraction of sp³-hybridized carbons (Fsp3) is 0.250. The van der Waals surface area contributed by atoms with Gasteiger partial charge in [-0.15, -0.1) is 5.10 Å². The van der Waals surface area contributed by atoms with Crippen molar-refractivity contribution in [3.8, 4) is 5.82 Å². The molecule has 0 amide bonds. The van der Waals surface area contributed by atoms with Crippen molar-refractivity contribution >= 4 is 23.2 Å². The average Bonchev–Trinajstić information content (AvgIpc) is 3.07. The minimum Gasteiger partial charge on any atom is -0.259 e. The van der Waals surface area contributed by atoms with Gasteiger partial charge in [-0.05, 0) is 18.6 Å². The topological polar surface area (TPSA) is 56.5 Å². The van der Waals surface area contributed by atoms with Crippen molar-refractivity contribution < 1.29 is 26.3 Å². The van der Waals surface area contributed by atoms with Crippen LogP contribution >= 0.6 is 23.2 Å². The fourth-order valence-corrected chi connectivity index (χ4v) is 2.82. The Morgan fingerprint density at radius 1 is 0.793 bits per heavy atom. The van der Waals surface area contributed by atoms with Crippen molar-refractivity contribution in [1.29, 1.82) is 0 Å². The van der Waals surface area contributed by atoms with Crippen molar-refractivity contribution in [3.05, 3.63) is 63.5 Å². The second kappa shape index (κ2) is 7.79. The summed E-state index contributed by atoms with van der Waals surface area (Å²) in [6, 6.07) is 1.50. The van der Waals surface area contributed by atoms with Gasteiger partial charge in [-0.2, -0.15) is 26.3 Å². The van der Waals surface area contributed by atoms with Crippen molar-refractivity contribution in [2.75, 3.05) is 0 Å². The molecule has 0 aliphatic rings. The lowest BCUT2D eigenvalue weighted by molar-refractivity contribution is -0.138. The third-order valence-corrected chi connectivity index (χ3v) is 4.34. The van der Waals surface area contributed by atoms with E-state index in [0.29, 0.717) is 12.4 Å². The van der Waals surface area contributed by atoms with Crippen LogP contribution in [0.1, 0.15) is 22.6 Å². The summed E-state index contributed by atoms with van der Waals surface area (Å²) in [5, 5.41) is 3.64. The van der Waals surface area contributed by atoms with Crippen LogP contribution in [-0.2, 0) is 25.2 Å². The van der Waals surface area contributed by atoms with Gasteiger partial charge in [-0.25, -0.2) is 14.6 Å². The molecule has 154 valence electrons. The van der Waals surface area contributed by atoms with Crippen LogP contribution < -0.4 is 0 Å². The Labute approximate surface area is 169 Å². The van der Waals surface area contributed by atoms with Gasteiger partial charge < -0.3 is 0 Å². The van der Waals surface area contributed by atoms with E-state index < -0.39 is 23.5 Å². The van der Waals surface area contributed by atoms with E-state index in [1.165, 1.54) is 6.33 Å². The minimum atomic E-state index is -4.59. The summed E-state index contributed by atoms with van der Waals surface area (Å²) >= 11 is 11.7. The van der Waals surface area contributed by atoms with Crippen LogP contribution in [0.4, 0.5) is 26.3 Å². The van der Waals surface area contributed by atoms with Crippen molar-refractivity contribution in [3.63, 3.8) is 0 Å². The van der Waals surface area contributed by atoms with Crippen LogP contribution in [0, 0.1) is 0 Å². The van der Waals surface area contributed by atoms with Gasteiger partial charge in [0.05, 0.1) is 26.9 Å². The van der Waals surface area contributed by atoms with Crippen LogP contribution in [0.15, 0.2) is 30.9 Å². The number of hydrogen-bond acceptors (Lipinski definition) is 4. The van der Waals surface area contributed by atoms with Gasteiger partial charge >= 0.3 is 12.4 Å². The standard InChI is InChI=1S/C16H9Cl2F6N5/c17-10-3-8(15(19,20)21)5-25-12(10)1-2-13-27-7-29(28-13)14-11(18)4-9(6-26-14)16(22,23)24/h3-7H,1-2H2. The van der Waals surface area contributed by atoms with Crippen molar-refractivity contribution in [1.82, 2.24) is 24.7 Å². The van der Waals surface area contributed by atoms with Crippen LogP contribution in [0.2, 0.25) is 10.0 Å². The van der Waals surface area contributed by atoms with Crippen LogP contribution in [-0.4, -0.2) is 24.7 Å². The van der Waals surface area contributed by atoms with E-state index in [1.54, 1.807) is 0 Å². The largest absolute Gasteiger partial charge is 0.417 e. The summed E-state index contributed by atoms with van der Waals surface area (Å²) in [7, 11) is 0. The van der Waals surface area contributed by atoms with Crippen molar-refractivity contribution in [2.24, 2.45) is 0 Å². The number of rotatable bonds is 4. The average molecular weight is 456 g/mol. The van der Waals surface area contributed by atoms with Gasteiger partial charge in [0.25, 0.3) is 0 Å². The molecule has 3 aromatic rings. The van der Waals surface area contributed by atoms with Gasteiger partial charge in [-0.3, -0.25) is 4.98 Å². The molecule has 3 heterocycles. The molecule has 0 saturated heterocycles. The summed E-state index contributed by atoms with van der Waals surface area (Å²) in [5.74, 6) is 0.199. The number of pyridine rings is 2. The molecular weight excluding hydrogens is 447 g/mol. The first-order valence-electron chi connectivity index (χ1n) is 7.80. The molecule has 0 aromatic carbocycles. The van der Waals surface area contributed by atoms with Gasteiger partial charge in [0, 0.05) is 18.8 Å². The van der Waals surface area contributed by atoms with E-state index in [-0.39, 0.29) is 40.2 Å². The molecule has 0 aliphatic carbocycles. The van der Waals surface area contributed by atoms with E-state index in [0.717, 1.165) is 16.8 Å². The maximum absolute atomic E-state index is 12.7. The Morgan fingerprint density at radius 3 is 1.93 bits per heavy atom. The lowest BCUT2D eigenvalue weighted by Crippen LogP contribution is -2.08. The smallest absolute Gasteiger partial charge is 0.259 e.